The van der Waals surface area contributed by atoms with Crippen molar-refractivity contribution in [3.63, 3.8) is 0 Å². The van der Waals surface area contributed by atoms with Gasteiger partial charge in [0.25, 0.3) is 0 Å². The number of amides is 1. The molecule has 21 heavy (non-hydrogen) atoms. The van der Waals surface area contributed by atoms with Gasteiger partial charge in [-0.3, -0.25) is 4.79 Å². The summed E-state index contributed by atoms with van der Waals surface area (Å²) in [6.45, 7) is 1.00. The van der Waals surface area contributed by atoms with Crippen molar-refractivity contribution >= 4 is 17.3 Å². The lowest BCUT2D eigenvalue weighted by molar-refractivity contribution is -0.115. The highest BCUT2D eigenvalue weighted by atomic mass is 16.6. The fourth-order valence-electron chi connectivity index (χ4n) is 2.19. The number of benzene rings is 2. The van der Waals surface area contributed by atoms with E-state index in [1.807, 2.05) is 30.3 Å². The van der Waals surface area contributed by atoms with Gasteiger partial charge in [-0.2, -0.15) is 0 Å². The first-order valence-electron chi connectivity index (χ1n) is 6.75. The largest absolute Gasteiger partial charge is 0.486 e. The molecule has 2 aromatic carbocycles. The van der Waals surface area contributed by atoms with Gasteiger partial charge in [-0.1, -0.05) is 30.3 Å². The Hall–Kier alpha value is -2.69. The van der Waals surface area contributed by atoms with Crippen LogP contribution in [0, 0.1) is 0 Å². The zero-order chi connectivity index (χ0) is 14.7. The number of nitrogens with two attached hydrogens (primary N) is 1. The van der Waals surface area contributed by atoms with E-state index >= 15 is 0 Å². The van der Waals surface area contributed by atoms with Gasteiger partial charge < -0.3 is 20.5 Å². The molecule has 0 saturated heterocycles. The second kappa shape index (κ2) is 5.75. The number of ether oxygens (including phenoxy) is 2. The SMILES string of the molecule is Nc1cc2c(cc1NC(=O)Cc1ccccc1)OCCO2. The first kappa shape index (κ1) is 13.3. The molecule has 0 bridgehead atoms. The van der Waals surface area contributed by atoms with Gasteiger partial charge >= 0.3 is 0 Å². The van der Waals surface area contributed by atoms with Gasteiger partial charge in [0.2, 0.25) is 5.91 Å². The Labute approximate surface area is 122 Å². The van der Waals surface area contributed by atoms with Crippen molar-refractivity contribution in [3.8, 4) is 11.5 Å². The van der Waals surface area contributed by atoms with E-state index in [0.717, 1.165) is 5.56 Å². The van der Waals surface area contributed by atoms with Gasteiger partial charge in [-0.05, 0) is 5.56 Å². The summed E-state index contributed by atoms with van der Waals surface area (Å²) in [6.07, 6.45) is 0.300. The summed E-state index contributed by atoms with van der Waals surface area (Å²) in [5.41, 5.74) is 7.89. The summed E-state index contributed by atoms with van der Waals surface area (Å²) in [5.74, 6) is 1.09. The first-order valence-corrected chi connectivity index (χ1v) is 6.75. The number of anilines is 2. The molecular formula is C16H16N2O3. The topological polar surface area (TPSA) is 73.6 Å². The quantitative estimate of drug-likeness (QED) is 0.848. The van der Waals surface area contributed by atoms with Crippen molar-refractivity contribution in [2.45, 2.75) is 6.42 Å². The maximum Gasteiger partial charge on any atom is 0.228 e. The standard InChI is InChI=1S/C16H16N2O3/c17-12-9-14-15(21-7-6-20-14)10-13(12)18-16(19)8-11-4-2-1-3-5-11/h1-5,9-10H,6-8,17H2,(H,18,19). The highest BCUT2D eigenvalue weighted by molar-refractivity contribution is 5.95. The lowest BCUT2D eigenvalue weighted by Crippen LogP contribution is -2.18. The minimum absolute atomic E-state index is 0.121. The highest BCUT2D eigenvalue weighted by Crippen LogP contribution is 2.36. The third kappa shape index (κ3) is 3.08. The molecule has 1 aliphatic heterocycles. The molecule has 0 fully saturated rings. The summed E-state index contributed by atoms with van der Waals surface area (Å²) in [4.78, 5) is 12.1. The third-order valence-corrected chi connectivity index (χ3v) is 3.20. The summed E-state index contributed by atoms with van der Waals surface area (Å²) >= 11 is 0. The highest BCUT2D eigenvalue weighted by Gasteiger charge is 2.16. The van der Waals surface area contributed by atoms with Gasteiger partial charge in [-0.25, -0.2) is 0 Å². The lowest BCUT2D eigenvalue weighted by atomic mass is 10.1. The minimum Gasteiger partial charge on any atom is -0.486 e. The van der Waals surface area contributed by atoms with Crippen LogP contribution in [0.15, 0.2) is 42.5 Å². The predicted octanol–water partition coefficient (Wildman–Crippen LogP) is 2.22. The molecule has 5 heteroatoms. The number of fused-ring (bicyclic) bond motifs is 1. The Morgan fingerprint density at radius 1 is 1.10 bits per heavy atom. The average molecular weight is 284 g/mol. The van der Waals surface area contributed by atoms with Crippen LogP contribution >= 0.6 is 0 Å². The van der Waals surface area contributed by atoms with E-state index in [2.05, 4.69) is 5.32 Å². The smallest absolute Gasteiger partial charge is 0.228 e. The third-order valence-electron chi connectivity index (χ3n) is 3.20. The molecule has 0 saturated carbocycles. The van der Waals surface area contributed by atoms with Gasteiger partial charge in [-0.15, -0.1) is 0 Å². The summed E-state index contributed by atoms with van der Waals surface area (Å²) in [5, 5.41) is 2.81. The number of hydrogen-bond donors (Lipinski definition) is 2. The molecule has 1 aliphatic rings. The summed E-state index contributed by atoms with van der Waals surface area (Å²) in [7, 11) is 0. The molecule has 3 N–H and O–H groups in total. The van der Waals surface area contributed by atoms with Crippen LogP contribution in [0.2, 0.25) is 0 Å². The first-order chi connectivity index (χ1) is 10.2. The van der Waals surface area contributed by atoms with Crippen LogP contribution in [0.1, 0.15) is 5.56 Å². The van der Waals surface area contributed by atoms with Gasteiger partial charge in [0.1, 0.15) is 13.2 Å². The van der Waals surface area contributed by atoms with Gasteiger partial charge in [0, 0.05) is 12.1 Å². The Morgan fingerprint density at radius 2 is 1.76 bits per heavy atom. The number of nitrogens with one attached hydrogen (secondary N) is 1. The normalized spacial score (nSPS) is 12.8. The average Bonchev–Trinajstić information content (AvgIpc) is 2.49. The van der Waals surface area contributed by atoms with E-state index in [0.29, 0.717) is 42.5 Å². The van der Waals surface area contributed by atoms with Crippen molar-refractivity contribution in [2.24, 2.45) is 0 Å². The van der Waals surface area contributed by atoms with E-state index < -0.39 is 0 Å². The summed E-state index contributed by atoms with van der Waals surface area (Å²) in [6, 6.07) is 12.9. The van der Waals surface area contributed by atoms with Crippen LogP contribution in [-0.4, -0.2) is 19.1 Å². The zero-order valence-electron chi connectivity index (χ0n) is 11.5. The van der Waals surface area contributed by atoms with Crippen molar-refractivity contribution < 1.29 is 14.3 Å². The molecule has 0 aliphatic carbocycles. The molecule has 0 unspecified atom stereocenters. The predicted molar refractivity (Wildman–Crippen MR) is 80.6 cm³/mol. The van der Waals surface area contributed by atoms with E-state index in [1.54, 1.807) is 12.1 Å². The molecule has 1 heterocycles. The van der Waals surface area contributed by atoms with E-state index in [1.165, 1.54) is 0 Å². The number of carbonyl (C=O) groups is 1. The molecule has 0 radical (unpaired) electrons. The second-order valence-electron chi connectivity index (χ2n) is 4.79. The van der Waals surface area contributed by atoms with Crippen LogP contribution in [0.25, 0.3) is 0 Å². The van der Waals surface area contributed by atoms with Crippen LogP contribution in [0.3, 0.4) is 0 Å². The molecule has 2 aromatic rings. The van der Waals surface area contributed by atoms with Gasteiger partial charge in [0.05, 0.1) is 17.8 Å². The fourth-order valence-corrected chi connectivity index (χ4v) is 2.19. The number of rotatable bonds is 3. The van der Waals surface area contributed by atoms with E-state index in [4.69, 9.17) is 15.2 Å². The Bertz CT molecular complexity index is 656. The van der Waals surface area contributed by atoms with E-state index in [-0.39, 0.29) is 5.91 Å². The van der Waals surface area contributed by atoms with Crippen LogP contribution in [0.4, 0.5) is 11.4 Å². The maximum atomic E-state index is 12.1. The van der Waals surface area contributed by atoms with Crippen molar-refractivity contribution in [1.82, 2.24) is 0 Å². The monoisotopic (exact) mass is 284 g/mol. The zero-order valence-corrected chi connectivity index (χ0v) is 11.5. The second-order valence-corrected chi connectivity index (χ2v) is 4.79. The van der Waals surface area contributed by atoms with Crippen LogP contribution in [-0.2, 0) is 11.2 Å². The van der Waals surface area contributed by atoms with Crippen LogP contribution < -0.4 is 20.5 Å². The molecule has 0 aromatic heterocycles. The Kier molecular flexibility index (Phi) is 3.64. The molecule has 5 nitrogen and oxygen atoms in total. The number of carbonyl (C=O) groups excluding carboxylic acids is 1. The minimum atomic E-state index is -0.121. The number of nitrogen functional groups attached to an aromatic ring is 1. The van der Waals surface area contributed by atoms with Crippen molar-refractivity contribution in [3.05, 3.63) is 48.0 Å². The molecule has 1 amide bonds. The molecular weight excluding hydrogens is 268 g/mol. The molecule has 108 valence electrons. The van der Waals surface area contributed by atoms with Gasteiger partial charge in [0.15, 0.2) is 11.5 Å². The van der Waals surface area contributed by atoms with Crippen molar-refractivity contribution in [1.29, 1.82) is 0 Å². The van der Waals surface area contributed by atoms with E-state index in [9.17, 15) is 4.79 Å². The van der Waals surface area contributed by atoms with Crippen molar-refractivity contribution in [2.75, 3.05) is 24.3 Å². The Balaban J connectivity index is 1.74. The molecule has 3 rings (SSSR count). The Morgan fingerprint density at radius 3 is 2.48 bits per heavy atom. The maximum absolute atomic E-state index is 12.1. The molecule has 0 spiro atoms. The number of hydrogen-bond acceptors (Lipinski definition) is 4. The fraction of sp³-hybridized carbons (Fsp3) is 0.188. The lowest BCUT2D eigenvalue weighted by Gasteiger charge is -2.20. The molecule has 0 atom stereocenters. The van der Waals surface area contributed by atoms with Crippen LogP contribution in [0.5, 0.6) is 11.5 Å². The summed E-state index contributed by atoms with van der Waals surface area (Å²) < 4.78 is 10.9.